The van der Waals surface area contributed by atoms with Crippen LogP contribution in [0.25, 0.3) is 0 Å². The van der Waals surface area contributed by atoms with Crippen molar-refractivity contribution in [1.82, 2.24) is 9.80 Å². The highest BCUT2D eigenvalue weighted by molar-refractivity contribution is 6.35. The lowest BCUT2D eigenvalue weighted by molar-refractivity contribution is -0.131. The molecule has 1 aliphatic rings. The molecule has 22 heavy (non-hydrogen) atoms. The smallest absolute Gasteiger partial charge is 0.241 e. The Morgan fingerprint density at radius 2 is 1.64 bits per heavy atom. The van der Waals surface area contributed by atoms with Gasteiger partial charge in [-0.2, -0.15) is 0 Å². The van der Waals surface area contributed by atoms with Crippen LogP contribution < -0.4 is 5.32 Å². The van der Waals surface area contributed by atoms with Crippen LogP contribution in [-0.2, 0) is 9.59 Å². The molecule has 0 saturated carbocycles. The van der Waals surface area contributed by atoms with Crippen LogP contribution in [0.2, 0.25) is 10.0 Å². The molecule has 0 bridgehead atoms. The molecular weight excluding hydrogens is 325 g/mol. The van der Waals surface area contributed by atoms with Crippen LogP contribution in [0.15, 0.2) is 18.2 Å². The summed E-state index contributed by atoms with van der Waals surface area (Å²) in [6.07, 6.45) is 0. The lowest BCUT2D eigenvalue weighted by Gasteiger charge is -2.37. The van der Waals surface area contributed by atoms with E-state index in [9.17, 15) is 9.59 Å². The van der Waals surface area contributed by atoms with E-state index < -0.39 is 0 Å². The molecule has 0 aromatic heterocycles. The molecule has 1 unspecified atom stereocenters. The summed E-state index contributed by atoms with van der Waals surface area (Å²) in [5.74, 6) is -0.0417. The number of piperazine rings is 1. The molecule has 0 aliphatic carbocycles. The Bertz CT molecular complexity index is 552. The summed E-state index contributed by atoms with van der Waals surface area (Å²) in [4.78, 5) is 27.5. The Morgan fingerprint density at radius 3 is 2.14 bits per heavy atom. The van der Waals surface area contributed by atoms with Crippen molar-refractivity contribution in [3.8, 4) is 0 Å². The highest BCUT2D eigenvalue weighted by atomic mass is 35.5. The minimum absolute atomic E-state index is 0.0744. The molecule has 5 nitrogen and oxygen atoms in total. The van der Waals surface area contributed by atoms with Crippen molar-refractivity contribution >= 4 is 40.7 Å². The first kappa shape index (κ1) is 17.1. The summed E-state index contributed by atoms with van der Waals surface area (Å²) in [6.45, 7) is 6.08. The normalized spacial score (nSPS) is 17.2. The van der Waals surface area contributed by atoms with Gasteiger partial charge in [0.1, 0.15) is 0 Å². The van der Waals surface area contributed by atoms with Crippen LogP contribution in [0.3, 0.4) is 0 Å². The summed E-state index contributed by atoms with van der Waals surface area (Å²) in [7, 11) is 0. The maximum atomic E-state index is 12.3. The number of hydrogen-bond acceptors (Lipinski definition) is 3. The van der Waals surface area contributed by atoms with Crippen LogP contribution in [0, 0.1) is 0 Å². The number of benzene rings is 1. The highest BCUT2D eigenvalue weighted by Gasteiger charge is 2.26. The van der Waals surface area contributed by atoms with E-state index in [2.05, 4.69) is 10.2 Å². The largest absolute Gasteiger partial charge is 0.340 e. The molecule has 2 amide bonds. The predicted molar refractivity (Wildman–Crippen MR) is 88.4 cm³/mol. The van der Waals surface area contributed by atoms with E-state index in [1.54, 1.807) is 30.0 Å². The second-order valence-electron chi connectivity index (χ2n) is 5.37. The van der Waals surface area contributed by atoms with Crippen molar-refractivity contribution in [2.75, 3.05) is 31.5 Å². The lowest BCUT2D eigenvalue weighted by Crippen LogP contribution is -2.53. The molecule has 7 heteroatoms. The van der Waals surface area contributed by atoms with Gasteiger partial charge in [-0.1, -0.05) is 23.2 Å². The van der Waals surface area contributed by atoms with E-state index >= 15 is 0 Å². The number of carbonyl (C=O) groups is 2. The van der Waals surface area contributed by atoms with Crippen LogP contribution in [0.4, 0.5) is 5.69 Å². The highest BCUT2D eigenvalue weighted by Crippen LogP contribution is 2.22. The average Bonchev–Trinajstić information content (AvgIpc) is 2.45. The fraction of sp³-hybridized carbons (Fsp3) is 0.467. The molecule has 1 aliphatic heterocycles. The molecule has 1 atom stereocenters. The van der Waals surface area contributed by atoms with Crippen molar-refractivity contribution in [2.24, 2.45) is 0 Å². The number of halogens is 2. The van der Waals surface area contributed by atoms with Crippen LogP contribution in [0.1, 0.15) is 13.8 Å². The van der Waals surface area contributed by atoms with Crippen LogP contribution in [-0.4, -0.2) is 53.8 Å². The molecule has 0 spiro atoms. The van der Waals surface area contributed by atoms with Crippen molar-refractivity contribution in [2.45, 2.75) is 19.9 Å². The Kier molecular flexibility index (Phi) is 5.67. The molecule has 1 fully saturated rings. The first-order chi connectivity index (χ1) is 10.4. The first-order valence-corrected chi connectivity index (χ1v) is 7.89. The average molecular weight is 344 g/mol. The molecule has 2 rings (SSSR count). The zero-order valence-corrected chi connectivity index (χ0v) is 14.1. The number of nitrogens with zero attached hydrogens (tertiary/aromatic N) is 2. The summed E-state index contributed by atoms with van der Waals surface area (Å²) in [5, 5.41) is 3.78. The van der Waals surface area contributed by atoms with Gasteiger partial charge < -0.3 is 10.2 Å². The van der Waals surface area contributed by atoms with Gasteiger partial charge in [0.2, 0.25) is 11.8 Å². The Hall–Kier alpha value is -1.30. The number of carbonyl (C=O) groups excluding carboxylic acids is 2. The third-order valence-corrected chi connectivity index (χ3v) is 4.25. The molecule has 1 aromatic rings. The van der Waals surface area contributed by atoms with Crippen molar-refractivity contribution in [3.63, 3.8) is 0 Å². The summed E-state index contributed by atoms with van der Waals surface area (Å²) < 4.78 is 0. The lowest BCUT2D eigenvalue weighted by atomic mass is 10.2. The number of nitrogens with one attached hydrogen (secondary N) is 1. The first-order valence-electron chi connectivity index (χ1n) is 7.13. The molecule has 1 heterocycles. The summed E-state index contributed by atoms with van der Waals surface area (Å²) in [6, 6.07) is 4.65. The minimum Gasteiger partial charge on any atom is -0.340 e. The van der Waals surface area contributed by atoms with Gasteiger partial charge in [-0.05, 0) is 25.1 Å². The molecule has 0 radical (unpaired) electrons. The SMILES string of the molecule is CC(=O)N1CCN(C(C)C(=O)Nc2cc(Cl)cc(Cl)c2)CC1. The van der Waals surface area contributed by atoms with Gasteiger partial charge in [0.05, 0.1) is 6.04 Å². The minimum atomic E-state index is -0.285. The van der Waals surface area contributed by atoms with E-state index in [4.69, 9.17) is 23.2 Å². The number of rotatable bonds is 3. The van der Waals surface area contributed by atoms with Crippen molar-refractivity contribution in [3.05, 3.63) is 28.2 Å². The zero-order valence-electron chi connectivity index (χ0n) is 12.6. The van der Waals surface area contributed by atoms with E-state index in [-0.39, 0.29) is 17.9 Å². The van der Waals surface area contributed by atoms with E-state index in [0.717, 1.165) is 0 Å². The third-order valence-electron chi connectivity index (χ3n) is 3.82. The standard InChI is InChI=1S/C15H19Cl2N3O2/c1-10(19-3-5-20(6-4-19)11(2)21)15(22)18-14-8-12(16)7-13(17)9-14/h7-10H,3-6H2,1-2H3,(H,18,22). The monoisotopic (exact) mass is 343 g/mol. The fourth-order valence-corrected chi connectivity index (χ4v) is 2.99. The number of amides is 2. The van der Waals surface area contributed by atoms with Crippen LogP contribution in [0.5, 0.6) is 0 Å². The number of anilines is 1. The summed E-state index contributed by atoms with van der Waals surface area (Å²) >= 11 is 11.8. The maximum Gasteiger partial charge on any atom is 0.241 e. The molecular formula is C15H19Cl2N3O2. The predicted octanol–water partition coefficient (Wildman–Crippen LogP) is 2.48. The molecule has 120 valence electrons. The van der Waals surface area contributed by atoms with E-state index in [1.807, 2.05) is 6.92 Å². The topological polar surface area (TPSA) is 52.7 Å². The van der Waals surface area contributed by atoms with Gasteiger partial charge in [0.15, 0.2) is 0 Å². The van der Waals surface area contributed by atoms with Gasteiger partial charge in [-0.3, -0.25) is 14.5 Å². The second-order valence-corrected chi connectivity index (χ2v) is 6.24. The molecule has 1 aromatic carbocycles. The van der Waals surface area contributed by atoms with Gasteiger partial charge >= 0.3 is 0 Å². The van der Waals surface area contributed by atoms with Crippen molar-refractivity contribution in [1.29, 1.82) is 0 Å². The molecule has 1 N–H and O–H groups in total. The van der Waals surface area contributed by atoms with E-state index in [1.165, 1.54) is 0 Å². The molecule has 1 saturated heterocycles. The van der Waals surface area contributed by atoms with Crippen LogP contribution >= 0.6 is 23.2 Å². The van der Waals surface area contributed by atoms with Gasteiger partial charge in [-0.15, -0.1) is 0 Å². The number of hydrogen-bond donors (Lipinski definition) is 1. The fourth-order valence-electron chi connectivity index (χ4n) is 2.46. The Morgan fingerprint density at radius 1 is 1.09 bits per heavy atom. The second kappa shape index (κ2) is 7.31. The van der Waals surface area contributed by atoms with E-state index in [0.29, 0.717) is 41.9 Å². The van der Waals surface area contributed by atoms with Crippen molar-refractivity contribution < 1.29 is 9.59 Å². The maximum absolute atomic E-state index is 12.3. The quantitative estimate of drug-likeness (QED) is 0.917. The van der Waals surface area contributed by atoms with Gasteiger partial charge in [0, 0.05) is 48.8 Å². The Balaban J connectivity index is 1.94. The Labute approximate surface area is 140 Å². The summed E-state index contributed by atoms with van der Waals surface area (Å²) in [5.41, 5.74) is 0.580. The van der Waals surface area contributed by atoms with Gasteiger partial charge in [0.25, 0.3) is 0 Å². The zero-order chi connectivity index (χ0) is 16.3. The third kappa shape index (κ3) is 4.35. The van der Waals surface area contributed by atoms with Gasteiger partial charge in [-0.25, -0.2) is 0 Å².